The molecule has 0 radical (unpaired) electrons. The zero-order valence-electron chi connectivity index (χ0n) is 11.1. The van der Waals surface area contributed by atoms with Gasteiger partial charge in [-0.2, -0.15) is 0 Å². The van der Waals surface area contributed by atoms with Gasteiger partial charge in [-0.25, -0.2) is 0 Å². The second-order valence-corrected chi connectivity index (χ2v) is 5.38. The number of carboxylic acids is 1. The maximum absolute atomic E-state index is 11.8. The normalized spacial score (nSPS) is 11.9. The number of para-hydroxylation sites is 1. The fraction of sp³-hybridized carbons (Fsp3) is 0.385. The lowest BCUT2D eigenvalue weighted by molar-refractivity contribution is -0.431. The van der Waals surface area contributed by atoms with Gasteiger partial charge in [0.15, 0.2) is 0 Å². The first kappa shape index (κ1) is 15.5. The van der Waals surface area contributed by atoms with Gasteiger partial charge in [0.1, 0.15) is 6.04 Å². The standard InChI is InChI=1S/C13H18N2O3S/c1-8-4-3-5-9(2)12(8)15-11(16)7-19-6-10(14)13(17)18/h3-5,10H,6-7,14H2,1-2H3,(H,15,16)(H,17,18)/t10-/m0/s1. The Hall–Kier alpha value is -1.53. The predicted octanol–water partition coefficient (Wildman–Crippen LogP) is -0.664. The number of benzene rings is 1. The number of thioether (sulfide) groups is 1. The van der Waals surface area contributed by atoms with Crippen LogP contribution in [0.5, 0.6) is 0 Å². The number of quaternary nitrogens is 1. The highest BCUT2D eigenvalue weighted by Gasteiger charge is 2.10. The van der Waals surface area contributed by atoms with Crippen molar-refractivity contribution in [2.75, 3.05) is 16.8 Å². The largest absolute Gasteiger partial charge is 0.544 e. The van der Waals surface area contributed by atoms with E-state index in [1.54, 1.807) is 0 Å². The Kier molecular flexibility index (Phi) is 5.85. The SMILES string of the molecule is Cc1cccc(C)c1NC(=O)CSC[C@H]([NH3+])C(=O)[O-]. The van der Waals surface area contributed by atoms with Crippen LogP contribution in [0.3, 0.4) is 0 Å². The van der Waals surface area contributed by atoms with E-state index in [4.69, 9.17) is 0 Å². The molecule has 0 saturated carbocycles. The van der Waals surface area contributed by atoms with Crippen LogP contribution in [0.2, 0.25) is 0 Å². The van der Waals surface area contributed by atoms with Crippen LogP contribution in [-0.2, 0) is 9.59 Å². The summed E-state index contributed by atoms with van der Waals surface area (Å²) >= 11 is 1.23. The van der Waals surface area contributed by atoms with Crippen LogP contribution >= 0.6 is 11.8 Å². The monoisotopic (exact) mass is 282 g/mol. The zero-order chi connectivity index (χ0) is 14.4. The number of carbonyl (C=O) groups excluding carboxylic acids is 2. The van der Waals surface area contributed by atoms with Crippen molar-refractivity contribution < 1.29 is 20.4 Å². The summed E-state index contributed by atoms with van der Waals surface area (Å²) < 4.78 is 0. The van der Waals surface area contributed by atoms with Gasteiger partial charge in [0.05, 0.1) is 17.5 Å². The quantitative estimate of drug-likeness (QED) is 0.723. The number of amides is 1. The van der Waals surface area contributed by atoms with E-state index < -0.39 is 12.0 Å². The first-order valence-corrected chi connectivity index (χ1v) is 7.05. The van der Waals surface area contributed by atoms with Crippen LogP contribution in [-0.4, -0.2) is 29.4 Å². The molecule has 1 aromatic rings. The van der Waals surface area contributed by atoms with Crippen LogP contribution in [0.4, 0.5) is 5.69 Å². The van der Waals surface area contributed by atoms with Crippen LogP contribution in [0.1, 0.15) is 11.1 Å². The van der Waals surface area contributed by atoms with Crippen molar-refractivity contribution in [3.63, 3.8) is 0 Å². The molecule has 4 N–H and O–H groups in total. The summed E-state index contributed by atoms with van der Waals surface area (Å²) in [6.45, 7) is 3.86. The maximum atomic E-state index is 11.8. The lowest BCUT2D eigenvalue weighted by Gasteiger charge is -2.12. The van der Waals surface area contributed by atoms with Gasteiger partial charge in [0.2, 0.25) is 5.91 Å². The van der Waals surface area contributed by atoms with E-state index in [2.05, 4.69) is 11.1 Å². The lowest BCUT2D eigenvalue weighted by atomic mass is 10.1. The van der Waals surface area contributed by atoms with Crippen LogP contribution in [0, 0.1) is 13.8 Å². The molecule has 0 heterocycles. The van der Waals surface area contributed by atoms with Gasteiger partial charge in [-0.1, -0.05) is 18.2 Å². The van der Waals surface area contributed by atoms with E-state index >= 15 is 0 Å². The molecule has 0 unspecified atom stereocenters. The van der Waals surface area contributed by atoms with Gasteiger partial charge in [-0.3, -0.25) is 4.79 Å². The minimum absolute atomic E-state index is 0.145. The summed E-state index contributed by atoms with van der Waals surface area (Å²) in [6.07, 6.45) is 0. The van der Waals surface area contributed by atoms with Crippen molar-refractivity contribution in [1.82, 2.24) is 0 Å². The number of anilines is 1. The zero-order valence-corrected chi connectivity index (χ0v) is 11.9. The third-order valence-electron chi connectivity index (χ3n) is 2.63. The molecule has 1 aromatic carbocycles. The molecule has 1 rings (SSSR count). The van der Waals surface area contributed by atoms with Crippen molar-refractivity contribution in [3.8, 4) is 0 Å². The van der Waals surface area contributed by atoms with E-state index in [9.17, 15) is 14.7 Å². The van der Waals surface area contributed by atoms with Gasteiger partial charge >= 0.3 is 0 Å². The van der Waals surface area contributed by atoms with Crippen molar-refractivity contribution in [1.29, 1.82) is 0 Å². The molecule has 0 aromatic heterocycles. The van der Waals surface area contributed by atoms with E-state index in [0.717, 1.165) is 16.8 Å². The number of aliphatic carboxylic acids is 1. The molecule has 1 amide bonds. The van der Waals surface area contributed by atoms with Crippen molar-refractivity contribution >= 4 is 29.3 Å². The number of aryl methyl sites for hydroxylation is 2. The summed E-state index contributed by atoms with van der Waals surface area (Å²) in [5, 5.41) is 13.3. The van der Waals surface area contributed by atoms with Crippen LogP contribution in [0.25, 0.3) is 0 Å². The summed E-state index contributed by atoms with van der Waals surface area (Å²) in [4.78, 5) is 22.2. The van der Waals surface area contributed by atoms with Gasteiger partial charge < -0.3 is 21.0 Å². The molecule has 0 aliphatic rings. The van der Waals surface area contributed by atoms with Crippen molar-refractivity contribution in [2.24, 2.45) is 0 Å². The topological polar surface area (TPSA) is 96.9 Å². The first-order valence-electron chi connectivity index (χ1n) is 5.89. The van der Waals surface area contributed by atoms with E-state index in [1.807, 2.05) is 32.0 Å². The summed E-state index contributed by atoms with van der Waals surface area (Å²) in [6, 6.07) is 5.00. The highest BCUT2D eigenvalue weighted by molar-refractivity contribution is 8.00. The molecule has 0 aliphatic carbocycles. The summed E-state index contributed by atoms with van der Waals surface area (Å²) in [5.41, 5.74) is 6.26. The Morgan fingerprint density at radius 3 is 2.47 bits per heavy atom. The number of rotatable bonds is 6. The molecule has 0 bridgehead atoms. The number of nitrogens with one attached hydrogen (secondary N) is 1. The molecule has 0 spiro atoms. The van der Waals surface area contributed by atoms with Crippen molar-refractivity contribution in [2.45, 2.75) is 19.9 Å². The van der Waals surface area contributed by atoms with E-state index in [0.29, 0.717) is 0 Å². The van der Waals surface area contributed by atoms with Gasteiger partial charge in [-0.15, -0.1) is 11.8 Å². The smallest absolute Gasteiger partial charge is 0.234 e. The molecular formula is C13H18N2O3S. The molecular weight excluding hydrogens is 264 g/mol. The molecule has 1 atom stereocenters. The molecule has 0 fully saturated rings. The van der Waals surface area contributed by atoms with E-state index in [-0.39, 0.29) is 17.4 Å². The number of carbonyl (C=O) groups is 2. The molecule has 104 valence electrons. The third kappa shape index (κ3) is 4.92. The van der Waals surface area contributed by atoms with Gasteiger partial charge in [0.25, 0.3) is 0 Å². The summed E-state index contributed by atoms with van der Waals surface area (Å²) in [5.74, 6) is -0.870. The molecule has 0 aliphatic heterocycles. The Morgan fingerprint density at radius 1 is 1.37 bits per heavy atom. The Bertz CT molecular complexity index is 457. The van der Waals surface area contributed by atoms with Crippen LogP contribution in [0.15, 0.2) is 18.2 Å². The summed E-state index contributed by atoms with van der Waals surface area (Å²) in [7, 11) is 0. The minimum Gasteiger partial charge on any atom is -0.544 e. The third-order valence-corrected chi connectivity index (χ3v) is 3.74. The van der Waals surface area contributed by atoms with E-state index in [1.165, 1.54) is 11.8 Å². The molecule has 6 heteroatoms. The highest BCUT2D eigenvalue weighted by atomic mass is 32.2. The average Bonchev–Trinajstić information content (AvgIpc) is 2.33. The lowest BCUT2D eigenvalue weighted by Crippen LogP contribution is -2.69. The Balaban J connectivity index is 2.46. The van der Waals surface area contributed by atoms with Gasteiger partial charge in [-0.05, 0) is 25.0 Å². The Morgan fingerprint density at radius 2 is 1.95 bits per heavy atom. The number of hydrogen-bond donors (Lipinski definition) is 2. The number of hydrogen-bond acceptors (Lipinski definition) is 4. The van der Waals surface area contributed by atoms with Gasteiger partial charge in [0, 0.05) is 5.69 Å². The second kappa shape index (κ2) is 7.16. The fourth-order valence-corrected chi connectivity index (χ4v) is 2.35. The second-order valence-electron chi connectivity index (χ2n) is 4.35. The molecule has 19 heavy (non-hydrogen) atoms. The maximum Gasteiger partial charge on any atom is 0.234 e. The van der Waals surface area contributed by atoms with Crippen molar-refractivity contribution in [3.05, 3.63) is 29.3 Å². The first-order chi connectivity index (χ1) is 8.91. The predicted molar refractivity (Wildman–Crippen MR) is 73.6 cm³/mol. The molecule has 5 nitrogen and oxygen atoms in total. The average molecular weight is 282 g/mol. The fourth-order valence-electron chi connectivity index (χ4n) is 1.55. The van der Waals surface area contributed by atoms with Crippen LogP contribution < -0.4 is 16.2 Å². The minimum atomic E-state index is -1.19. The number of carboxylic acid groups (broad SMARTS) is 1. The Labute approximate surface area is 116 Å². The molecule has 0 saturated heterocycles. The highest BCUT2D eigenvalue weighted by Crippen LogP contribution is 2.19.